The second-order valence-electron chi connectivity index (χ2n) is 2.54. The summed E-state index contributed by atoms with van der Waals surface area (Å²) in [4.78, 5) is 9.42. The van der Waals surface area contributed by atoms with E-state index in [1.807, 2.05) is 19.2 Å². The minimum absolute atomic E-state index is 0. The molecule has 52 valence electrons. The van der Waals surface area contributed by atoms with Crippen LogP contribution in [0.5, 0.6) is 0 Å². The molecule has 0 bridgehead atoms. The van der Waals surface area contributed by atoms with Gasteiger partial charge in [0.25, 0.3) is 8.32 Å². The molecule has 1 aromatic rings. The fourth-order valence-electron chi connectivity index (χ4n) is 0.627. The van der Waals surface area contributed by atoms with Crippen molar-refractivity contribution < 1.29 is 9.21 Å². The quantitative estimate of drug-likeness (QED) is 0.597. The van der Waals surface area contributed by atoms with Gasteiger partial charge in [0.15, 0.2) is 0 Å². The Bertz CT molecular complexity index is 178. The third-order valence-electron chi connectivity index (χ3n) is 1.12. The van der Waals surface area contributed by atoms with Gasteiger partial charge in [-0.15, -0.1) is 0 Å². The summed E-state index contributed by atoms with van der Waals surface area (Å²) in [6.07, 6.45) is 1.58. The van der Waals surface area contributed by atoms with Gasteiger partial charge in [-0.3, -0.25) is 0 Å². The first-order valence-corrected chi connectivity index (χ1v) is 5.82. The molecule has 1 rings (SSSR count). The summed E-state index contributed by atoms with van der Waals surface area (Å²) in [6, 6.07) is 3.60. The summed E-state index contributed by atoms with van der Waals surface area (Å²) in [7, 11) is -2.15. The van der Waals surface area contributed by atoms with Crippen molar-refractivity contribution >= 4 is 43.3 Å². The molecule has 0 radical (unpaired) electrons. The average molecular weight is 166 g/mol. The molecular weight excluding hydrogens is 155 g/mol. The van der Waals surface area contributed by atoms with E-state index in [0.29, 0.717) is 0 Å². The summed E-state index contributed by atoms with van der Waals surface area (Å²) in [5.74, 6) is 0. The first kappa shape index (κ1) is 10.5. The van der Waals surface area contributed by atoms with E-state index in [1.165, 1.54) is 0 Å². The minimum atomic E-state index is -2.15. The molecule has 1 aromatic heterocycles. The molecule has 0 fully saturated rings. The first-order valence-electron chi connectivity index (χ1n) is 2.87. The van der Waals surface area contributed by atoms with Gasteiger partial charge in [0.05, 0.1) is 6.26 Å². The molecule has 0 saturated heterocycles. The van der Waals surface area contributed by atoms with Crippen LogP contribution in [0.3, 0.4) is 0 Å². The van der Waals surface area contributed by atoms with E-state index < -0.39 is 8.32 Å². The van der Waals surface area contributed by atoms with Crippen LogP contribution in [-0.2, 0) is 0 Å². The van der Waals surface area contributed by atoms with Crippen LogP contribution >= 0.6 is 0 Å². The molecule has 0 aliphatic rings. The van der Waals surface area contributed by atoms with E-state index in [2.05, 4.69) is 0 Å². The molecule has 1 N–H and O–H groups in total. The average Bonchev–Trinajstić information content (AvgIpc) is 2.08. The molecule has 0 aliphatic carbocycles. The number of hydrogen-bond acceptors (Lipinski definition) is 2. The van der Waals surface area contributed by atoms with Crippen molar-refractivity contribution in [3.63, 3.8) is 0 Å². The fourth-order valence-corrected chi connectivity index (χ4v) is 1.49. The van der Waals surface area contributed by atoms with E-state index in [-0.39, 0.29) is 29.6 Å². The summed E-state index contributed by atoms with van der Waals surface area (Å²) in [5, 5.41) is 0.738. The van der Waals surface area contributed by atoms with Gasteiger partial charge in [0.1, 0.15) is 5.38 Å². The predicted molar refractivity (Wildman–Crippen MR) is 45.2 cm³/mol. The molecule has 1 heterocycles. The Labute approximate surface area is 83.7 Å². The van der Waals surface area contributed by atoms with E-state index in [9.17, 15) is 4.80 Å². The summed E-state index contributed by atoms with van der Waals surface area (Å²) >= 11 is 0. The Morgan fingerprint density at radius 2 is 2.10 bits per heavy atom. The van der Waals surface area contributed by atoms with Crippen molar-refractivity contribution in [3.8, 4) is 0 Å². The maximum absolute atomic E-state index is 9.42. The summed E-state index contributed by atoms with van der Waals surface area (Å²) in [6.45, 7) is 3.65. The Morgan fingerprint density at radius 1 is 1.50 bits per heavy atom. The molecule has 0 aliphatic heterocycles. The van der Waals surface area contributed by atoms with Crippen LogP contribution in [0.4, 0.5) is 0 Å². The van der Waals surface area contributed by atoms with Gasteiger partial charge in [-0.2, -0.15) is 0 Å². The van der Waals surface area contributed by atoms with Crippen molar-refractivity contribution in [1.29, 1.82) is 0 Å². The fraction of sp³-hybridized carbons (Fsp3) is 0.333. The first-order chi connectivity index (χ1) is 4.11. The molecular formula is C6H11NaO2Si. The zero-order valence-electron chi connectivity index (χ0n) is 5.59. The summed E-state index contributed by atoms with van der Waals surface area (Å²) in [5.41, 5.74) is 0. The predicted octanol–water partition coefficient (Wildman–Crippen LogP) is 0.0355. The maximum atomic E-state index is 9.42. The van der Waals surface area contributed by atoms with Gasteiger partial charge < -0.3 is 9.21 Å². The van der Waals surface area contributed by atoms with Crippen molar-refractivity contribution in [2.45, 2.75) is 13.1 Å². The van der Waals surface area contributed by atoms with Crippen LogP contribution in [0.1, 0.15) is 0 Å². The van der Waals surface area contributed by atoms with E-state index in [4.69, 9.17) is 4.42 Å². The van der Waals surface area contributed by atoms with Crippen LogP contribution in [0.25, 0.3) is 0 Å². The van der Waals surface area contributed by atoms with Crippen LogP contribution in [-0.4, -0.2) is 42.7 Å². The molecule has 2 nitrogen and oxygen atoms in total. The van der Waals surface area contributed by atoms with Crippen LogP contribution < -0.4 is 5.38 Å². The van der Waals surface area contributed by atoms with Gasteiger partial charge in [0, 0.05) is 0 Å². The number of furan rings is 1. The zero-order chi connectivity index (χ0) is 6.91. The van der Waals surface area contributed by atoms with Gasteiger partial charge in [0.2, 0.25) is 0 Å². The molecule has 0 atom stereocenters. The Hall–Kier alpha value is 0.457. The monoisotopic (exact) mass is 166 g/mol. The van der Waals surface area contributed by atoms with Gasteiger partial charge in [-0.25, -0.2) is 0 Å². The molecule has 4 heteroatoms. The van der Waals surface area contributed by atoms with E-state index >= 15 is 0 Å². The zero-order valence-corrected chi connectivity index (χ0v) is 6.59. The standard InChI is InChI=1S/C6H10O2Si.Na.H/c1-9(2,7)6-4-3-5-8-6;;/h3-5,7H,1-2H3;;. The molecule has 0 saturated carbocycles. The number of hydrogen-bond donors (Lipinski definition) is 1. The molecule has 0 spiro atoms. The van der Waals surface area contributed by atoms with Crippen LogP contribution in [0, 0.1) is 0 Å². The SMILES string of the molecule is C[Si](C)(O)c1ccco1.[NaH]. The van der Waals surface area contributed by atoms with Crippen LogP contribution in [0.2, 0.25) is 13.1 Å². The van der Waals surface area contributed by atoms with Gasteiger partial charge in [-0.1, -0.05) is 0 Å². The van der Waals surface area contributed by atoms with E-state index in [0.717, 1.165) is 5.38 Å². The molecule has 0 unspecified atom stereocenters. The normalized spacial score (nSPS) is 10.7. The van der Waals surface area contributed by atoms with Gasteiger partial charge in [-0.05, 0) is 25.2 Å². The third kappa shape index (κ3) is 2.60. The Balaban J connectivity index is 0.000000810. The molecule has 0 amide bonds. The van der Waals surface area contributed by atoms with Crippen molar-refractivity contribution in [1.82, 2.24) is 0 Å². The van der Waals surface area contributed by atoms with Gasteiger partial charge >= 0.3 is 29.6 Å². The number of rotatable bonds is 1. The van der Waals surface area contributed by atoms with Crippen molar-refractivity contribution in [2.75, 3.05) is 0 Å². The molecule has 0 aromatic carbocycles. The Morgan fingerprint density at radius 3 is 2.30 bits per heavy atom. The van der Waals surface area contributed by atoms with Crippen LogP contribution in [0.15, 0.2) is 22.8 Å². The van der Waals surface area contributed by atoms with E-state index in [1.54, 1.807) is 12.3 Å². The topological polar surface area (TPSA) is 33.4 Å². The van der Waals surface area contributed by atoms with Crippen molar-refractivity contribution in [3.05, 3.63) is 18.4 Å². The van der Waals surface area contributed by atoms with Crippen molar-refractivity contribution in [2.24, 2.45) is 0 Å². The Kier molecular flexibility index (Phi) is 3.91. The molecule has 10 heavy (non-hydrogen) atoms. The summed E-state index contributed by atoms with van der Waals surface area (Å²) < 4.78 is 5.01. The third-order valence-corrected chi connectivity index (χ3v) is 2.61. The second-order valence-corrected chi connectivity index (χ2v) is 6.15. The second kappa shape index (κ2) is 3.73.